The van der Waals surface area contributed by atoms with Gasteiger partial charge in [-0.15, -0.1) is 0 Å². The van der Waals surface area contributed by atoms with Crippen molar-refractivity contribution in [1.82, 2.24) is 4.98 Å². The van der Waals surface area contributed by atoms with Gasteiger partial charge in [-0.25, -0.2) is 0 Å². The molecular weight excluding hydrogens is 258 g/mol. The minimum absolute atomic E-state index is 0.00273. The van der Waals surface area contributed by atoms with Gasteiger partial charge in [0.2, 0.25) is 0 Å². The topological polar surface area (TPSA) is 42.1 Å². The number of nitrogens with zero attached hydrogens (tertiary/aromatic N) is 2. The van der Waals surface area contributed by atoms with Crippen molar-refractivity contribution < 1.29 is 0 Å². The third-order valence-electron chi connectivity index (χ3n) is 3.08. The molecule has 3 nitrogen and oxygen atoms in total. The Morgan fingerprint density at radius 3 is 2.53 bits per heavy atom. The fourth-order valence-corrected chi connectivity index (χ4v) is 2.30. The molecule has 0 radical (unpaired) electrons. The van der Waals surface area contributed by atoms with Gasteiger partial charge in [-0.05, 0) is 42.3 Å². The Hall–Kier alpha value is -1.58. The van der Waals surface area contributed by atoms with Crippen LogP contribution in [0.4, 0.5) is 5.69 Å². The summed E-state index contributed by atoms with van der Waals surface area (Å²) in [5.74, 6) is 0. The van der Waals surface area contributed by atoms with Gasteiger partial charge < -0.3 is 10.6 Å². The first-order valence-electron chi connectivity index (χ1n) is 6.23. The lowest BCUT2D eigenvalue weighted by atomic mass is 10.1. The monoisotopic (exact) mass is 275 g/mol. The van der Waals surface area contributed by atoms with E-state index in [9.17, 15) is 0 Å². The maximum absolute atomic E-state index is 6.32. The highest BCUT2D eigenvalue weighted by Gasteiger charge is 2.09. The van der Waals surface area contributed by atoms with Gasteiger partial charge in [-0.1, -0.05) is 17.7 Å². The predicted molar refractivity (Wildman–Crippen MR) is 80.4 cm³/mol. The molecule has 2 N–H and O–H groups in total. The Kier molecular flexibility index (Phi) is 4.40. The predicted octanol–water partition coefficient (Wildman–Crippen LogP) is 3.39. The van der Waals surface area contributed by atoms with Crippen LogP contribution < -0.4 is 10.6 Å². The van der Waals surface area contributed by atoms with E-state index in [1.165, 1.54) is 5.56 Å². The third-order valence-corrected chi connectivity index (χ3v) is 3.38. The highest BCUT2D eigenvalue weighted by atomic mass is 35.5. The molecule has 0 saturated carbocycles. The van der Waals surface area contributed by atoms with Crippen LogP contribution in [-0.2, 0) is 6.54 Å². The summed E-state index contributed by atoms with van der Waals surface area (Å²) in [7, 11) is 2.02. The highest BCUT2D eigenvalue weighted by Crippen LogP contribution is 2.28. The zero-order valence-corrected chi connectivity index (χ0v) is 11.9. The molecule has 0 spiro atoms. The first kappa shape index (κ1) is 13.8. The maximum Gasteiger partial charge on any atom is 0.0642 e. The number of hydrogen-bond acceptors (Lipinski definition) is 3. The number of anilines is 1. The number of pyridine rings is 1. The summed E-state index contributed by atoms with van der Waals surface area (Å²) in [5.41, 5.74) is 9.10. The molecule has 1 atom stereocenters. The zero-order valence-electron chi connectivity index (χ0n) is 11.2. The van der Waals surface area contributed by atoms with Crippen molar-refractivity contribution in [3.63, 3.8) is 0 Å². The van der Waals surface area contributed by atoms with Gasteiger partial charge in [0.1, 0.15) is 0 Å². The average molecular weight is 276 g/mol. The quantitative estimate of drug-likeness (QED) is 0.930. The molecule has 4 heteroatoms. The Bertz CT molecular complexity index is 540. The van der Waals surface area contributed by atoms with Crippen molar-refractivity contribution in [3.8, 4) is 0 Å². The van der Waals surface area contributed by atoms with Crippen LogP contribution in [0.15, 0.2) is 42.7 Å². The second-order valence-corrected chi connectivity index (χ2v) is 5.12. The van der Waals surface area contributed by atoms with Crippen molar-refractivity contribution in [2.24, 2.45) is 5.73 Å². The molecule has 2 rings (SSSR count). The molecule has 100 valence electrons. The summed E-state index contributed by atoms with van der Waals surface area (Å²) in [4.78, 5) is 6.13. The molecule has 0 aliphatic heterocycles. The molecule has 0 unspecified atom stereocenters. The summed E-state index contributed by atoms with van der Waals surface area (Å²) in [5, 5.41) is 0.728. The smallest absolute Gasteiger partial charge is 0.0642 e. The Morgan fingerprint density at radius 2 is 1.95 bits per heavy atom. The van der Waals surface area contributed by atoms with Crippen LogP contribution in [-0.4, -0.2) is 12.0 Å². The van der Waals surface area contributed by atoms with Crippen molar-refractivity contribution in [3.05, 3.63) is 58.9 Å². The molecular formula is C15H18ClN3. The lowest BCUT2D eigenvalue weighted by molar-refractivity contribution is 0.817. The normalized spacial score (nSPS) is 12.2. The Morgan fingerprint density at radius 1 is 1.26 bits per heavy atom. The number of hydrogen-bond donors (Lipinski definition) is 1. The van der Waals surface area contributed by atoms with E-state index in [1.807, 2.05) is 44.3 Å². The molecule has 1 aromatic carbocycles. The van der Waals surface area contributed by atoms with E-state index in [2.05, 4.69) is 9.88 Å². The van der Waals surface area contributed by atoms with Crippen LogP contribution in [0.1, 0.15) is 24.1 Å². The lowest BCUT2D eigenvalue weighted by Gasteiger charge is -2.21. The summed E-state index contributed by atoms with van der Waals surface area (Å²) in [6, 6.07) is 9.97. The van der Waals surface area contributed by atoms with Crippen LogP contribution in [0.3, 0.4) is 0 Å². The van der Waals surface area contributed by atoms with Crippen molar-refractivity contribution >= 4 is 17.3 Å². The number of rotatable bonds is 4. The maximum atomic E-state index is 6.32. The highest BCUT2D eigenvalue weighted by molar-refractivity contribution is 6.33. The van der Waals surface area contributed by atoms with Crippen LogP contribution in [0, 0.1) is 0 Å². The minimum atomic E-state index is -0.00273. The molecule has 1 aromatic heterocycles. The van der Waals surface area contributed by atoms with Gasteiger partial charge in [0.05, 0.1) is 10.7 Å². The molecule has 0 aliphatic rings. The zero-order chi connectivity index (χ0) is 13.8. The van der Waals surface area contributed by atoms with E-state index in [0.717, 1.165) is 22.8 Å². The van der Waals surface area contributed by atoms with E-state index >= 15 is 0 Å². The lowest BCUT2D eigenvalue weighted by Crippen LogP contribution is -2.17. The minimum Gasteiger partial charge on any atom is -0.369 e. The first-order valence-corrected chi connectivity index (χ1v) is 6.61. The SMILES string of the molecule is C[C@@H](N)c1ccc(N(C)Cc2ccncc2)c(Cl)c1. The number of nitrogens with two attached hydrogens (primary N) is 1. The molecule has 0 fully saturated rings. The van der Waals surface area contributed by atoms with Crippen molar-refractivity contribution in [2.45, 2.75) is 19.5 Å². The summed E-state index contributed by atoms with van der Waals surface area (Å²) < 4.78 is 0. The summed E-state index contributed by atoms with van der Waals surface area (Å²) in [6.45, 7) is 2.74. The molecule has 1 heterocycles. The first-order chi connectivity index (χ1) is 9.08. The molecule has 0 aliphatic carbocycles. The number of aromatic nitrogens is 1. The van der Waals surface area contributed by atoms with E-state index in [0.29, 0.717) is 0 Å². The Labute approximate surface area is 119 Å². The van der Waals surface area contributed by atoms with Crippen LogP contribution in [0.2, 0.25) is 5.02 Å². The van der Waals surface area contributed by atoms with E-state index in [-0.39, 0.29) is 6.04 Å². The molecule has 0 saturated heterocycles. The van der Waals surface area contributed by atoms with E-state index in [1.54, 1.807) is 12.4 Å². The largest absolute Gasteiger partial charge is 0.369 e. The van der Waals surface area contributed by atoms with Crippen LogP contribution >= 0.6 is 11.6 Å². The van der Waals surface area contributed by atoms with Gasteiger partial charge in [0.15, 0.2) is 0 Å². The van der Waals surface area contributed by atoms with Crippen LogP contribution in [0.5, 0.6) is 0 Å². The standard InChI is InChI=1S/C15H18ClN3/c1-11(17)13-3-4-15(14(16)9-13)19(2)10-12-5-7-18-8-6-12/h3-9,11H,10,17H2,1-2H3/t11-/m1/s1. The Balaban J connectivity index is 2.17. The fourth-order valence-electron chi connectivity index (χ4n) is 1.96. The van der Waals surface area contributed by atoms with Gasteiger partial charge in [0, 0.05) is 32.0 Å². The van der Waals surface area contributed by atoms with Gasteiger partial charge in [-0.2, -0.15) is 0 Å². The summed E-state index contributed by atoms with van der Waals surface area (Å²) in [6.07, 6.45) is 3.59. The molecule has 0 bridgehead atoms. The van der Waals surface area contributed by atoms with E-state index in [4.69, 9.17) is 17.3 Å². The second-order valence-electron chi connectivity index (χ2n) is 4.71. The molecule has 2 aromatic rings. The number of halogens is 1. The molecule has 0 amide bonds. The summed E-state index contributed by atoms with van der Waals surface area (Å²) >= 11 is 6.32. The molecule has 19 heavy (non-hydrogen) atoms. The fraction of sp³-hybridized carbons (Fsp3) is 0.267. The van der Waals surface area contributed by atoms with Crippen molar-refractivity contribution in [2.75, 3.05) is 11.9 Å². The van der Waals surface area contributed by atoms with E-state index < -0.39 is 0 Å². The van der Waals surface area contributed by atoms with Crippen LogP contribution in [0.25, 0.3) is 0 Å². The van der Waals surface area contributed by atoms with Crippen molar-refractivity contribution in [1.29, 1.82) is 0 Å². The number of benzene rings is 1. The second kappa shape index (κ2) is 6.04. The van der Waals surface area contributed by atoms with Gasteiger partial charge >= 0.3 is 0 Å². The average Bonchev–Trinajstić information content (AvgIpc) is 2.39. The van der Waals surface area contributed by atoms with Gasteiger partial charge in [-0.3, -0.25) is 4.98 Å². The van der Waals surface area contributed by atoms with Gasteiger partial charge in [0.25, 0.3) is 0 Å². The third kappa shape index (κ3) is 3.46.